The molecule has 9 nitrogen and oxygen atoms in total. The average Bonchev–Trinajstić information content (AvgIpc) is 2.75. The zero-order chi connectivity index (χ0) is 25.4. The topological polar surface area (TPSA) is 137 Å². The van der Waals surface area contributed by atoms with E-state index in [-0.39, 0.29) is 17.2 Å². The molecule has 0 aliphatic carbocycles. The van der Waals surface area contributed by atoms with Gasteiger partial charge in [-0.25, -0.2) is 4.68 Å². The molecule has 1 atom stereocenters. The molecule has 3 rings (SSSR count). The van der Waals surface area contributed by atoms with Crippen molar-refractivity contribution in [1.82, 2.24) is 14.3 Å². The first-order chi connectivity index (χ1) is 15.7. The predicted octanol–water partition coefficient (Wildman–Crippen LogP) is 2.39. The first kappa shape index (κ1) is 24.6. The van der Waals surface area contributed by atoms with E-state index in [1.807, 2.05) is 0 Å². The molecular weight excluding hydrogens is 474 g/mol. The van der Waals surface area contributed by atoms with Gasteiger partial charge in [-0.05, 0) is 30.3 Å². The van der Waals surface area contributed by atoms with E-state index in [1.165, 1.54) is 18.3 Å². The summed E-state index contributed by atoms with van der Waals surface area (Å²) < 4.78 is 80.0. The van der Waals surface area contributed by atoms with Gasteiger partial charge >= 0.3 is 12.4 Å². The van der Waals surface area contributed by atoms with Crippen LogP contribution in [-0.4, -0.2) is 37.9 Å². The number of aromatic nitrogens is 3. The molecule has 1 unspecified atom stereocenters. The van der Waals surface area contributed by atoms with Crippen LogP contribution in [0.3, 0.4) is 0 Å². The molecule has 34 heavy (non-hydrogen) atoms. The molecule has 0 aliphatic rings. The van der Waals surface area contributed by atoms with Gasteiger partial charge in [0.1, 0.15) is 17.7 Å². The first-order valence-electron chi connectivity index (χ1n) is 9.16. The summed E-state index contributed by atoms with van der Waals surface area (Å²) in [6.07, 6.45) is -11.6. The number of halogens is 6. The summed E-state index contributed by atoms with van der Waals surface area (Å²) in [5.41, 5.74) is -3.81. The summed E-state index contributed by atoms with van der Waals surface area (Å²) in [5, 5.41) is 28.6. The Morgan fingerprint density at radius 1 is 1.15 bits per heavy atom. The number of nitrogens with zero attached hydrogens (tertiary/aromatic N) is 3. The van der Waals surface area contributed by atoms with Crippen LogP contribution in [0.1, 0.15) is 17.4 Å². The molecule has 180 valence electrons. The maximum atomic E-state index is 13.2. The van der Waals surface area contributed by atoms with Crippen LogP contribution in [0.25, 0.3) is 10.8 Å². The number of aliphatic hydroxyl groups excluding tert-OH is 1. The molecule has 0 saturated heterocycles. The van der Waals surface area contributed by atoms with Gasteiger partial charge in [0.25, 0.3) is 5.56 Å². The van der Waals surface area contributed by atoms with Crippen LogP contribution < -0.4 is 16.4 Å². The fraction of sp³-hybridized carbons (Fsp3) is 0.211. The van der Waals surface area contributed by atoms with Crippen molar-refractivity contribution in [1.29, 1.82) is 10.8 Å². The average molecular weight is 488 g/mol. The minimum absolute atomic E-state index is 0.0729. The Kier molecular flexibility index (Phi) is 6.33. The van der Waals surface area contributed by atoms with E-state index in [0.29, 0.717) is 16.8 Å². The summed E-state index contributed by atoms with van der Waals surface area (Å²) >= 11 is 0. The third-order valence-corrected chi connectivity index (χ3v) is 4.58. The van der Waals surface area contributed by atoms with Gasteiger partial charge in [0.05, 0.1) is 23.0 Å². The minimum atomic E-state index is -5.32. The Bertz CT molecular complexity index is 1390. The third kappa shape index (κ3) is 4.98. The third-order valence-electron chi connectivity index (χ3n) is 4.58. The lowest BCUT2D eigenvalue weighted by Crippen LogP contribution is -2.33. The second-order valence-corrected chi connectivity index (χ2v) is 6.94. The molecular formula is C19H14F6N6O3. The number of carbonyl (C=O) groups excluding carboxylic acids is 1. The Labute approximate surface area is 184 Å². The van der Waals surface area contributed by atoms with Crippen molar-refractivity contribution in [2.75, 3.05) is 5.32 Å². The summed E-state index contributed by atoms with van der Waals surface area (Å²) in [6, 6.07) is 3.92. The maximum absolute atomic E-state index is 13.2. The van der Waals surface area contributed by atoms with Gasteiger partial charge < -0.3 is 10.4 Å². The number of hydrogen-bond acceptors (Lipinski definition) is 6. The quantitative estimate of drug-likeness (QED) is 0.249. The Morgan fingerprint density at radius 2 is 1.82 bits per heavy atom. The number of amides is 1. The van der Waals surface area contributed by atoms with E-state index in [2.05, 4.69) is 10.4 Å². The largest absolute Gasteiger partial charge is 0.420 e. The molecule has 2 aromatic heterocycles. The van der Waals surface area contributed by atoms with Crippen molar-refractivity contribution in [2.45, 2.75) is 25.0 Å². The minimum Gasteiger partial charge on any atom is -0.378 e. The summed E-state index contributed by atoms with van der Waals surface area (Å²) in [6.45, 7) is -0.944. The first-order valence-corrected chi connectivity index (χ1v) is 9.16. The smallest absolute Gasteiger partial charge is 0.378 e. The van der Waals surface area contributed by atoms with Crippen LogP contribution in [0.5, 0.6) is 0 Å². The molecule has 1 amide bonds. The maximum Gasteiger partial charge on any atom is 0.420 e. The molecule has 0 aliphatic heterocycles. The van der Waals surface area contributed by atoms with Crippen molar-refractivity contribution in [3.63, 3.8) is 0 Å². The molecule has 3 aromatic rings. The highest BCUT2D eigenvalue weighted by Gasteiger charge is 2.42. The highest BCUT2D eigenvalue weighted by Crippen LogP contribution is 2.36. The predicted molar refractivity (Wildman–Crippen MR) is 105 cm³/mol. The Morgan fingerprint density at radius 3 is 2.41 bits per heavy atom. The molecule has 2 heterocycles. The van der Waals surface area contributed by atoms with E-state index >= 15 is 0 Å². The molecule has 4 N–H and O–H groups in total. The second-order valence-electron chi connectivity index (χ2n) is 6.94. The van der Waals surface area contributed by atoms with Gasteiger partial charge in [0.15, 0.2) is 6.10 Å². The number of rotatable bonds is 5. The fourth-order valence-electron chi connectivity index (χ4n) is 2.99. The number of nitrogens with one attached hydrogen (secondary N) is 3. The van der Waals surface area contributed by atoms with Crippen LogP contribution in [0.4, 0.5) is 32.0 Å². The van der Waals surface area contributed by atoms with Gasteiger partial charge in [0, 0.05) is 11.6 Å². The molecule has 15 heteroatoms. The number of hydrogen-bond donors (Lipinski definition) is 4. The highest BCUT2D eigenvalue weighted by atomic mass is 19.4. The van der Waals surface area contributed by atoms with E-state index in [1.54, 1.807) is 0 Å². The summed E-state index contributed by atoms with van der Waals surface area (Å²) in [7, 11) is 0. The van der Waals surface area contributed by atoms with Crippen LogP contribution in [-0.2, 0) is 17.5 Å². The van der Waals surface area contributed by atoms with Gasteiger partial charge in [-0.2, -0.15) is 31.4 Å². The fourth-order valence-corrected chi connectivity index (χ4v) is 2.99. The number of benzene rings is 1. The van der Waals surface area contributed by atoms with Gasteiger partial charge in [-0.3, -0.25) is 25.0 Å². The highest BCUT2D eigenvalue weighted by molar-refractivity contribution is 5.91. The van der Waals surface area contributed by atoms with Gasteiger partial charge in [0.2, 0.25) is 5.91 Å². The number of anilines is 1. The van der Waals surface area contributed by atoms with Crippen LogP contribution in [0, 0.1) is 10.8 Å². The van der Waals surface area contributed by atoms with Crippen molar-refractivity contribution >= 4 is 28.7 Å². The monoisotopic (exact) mass is 488 g/mol. The molecule has 1 aromatic carbocycles. The summed E-state index contributed by atoms with van der Waals surface area (Å²) in [5.74, 6) is -0.956. The zero-order valence-corrected chi connectivity index (χ0v) is 16.7. The molecule has 0 bridgehead atoms. The van der Waals surface area contributed by atoms with E-state index < -0.39 is 58.5 Å². The van der Waals surface area contributed by atoms with Crippen LogP contribution in [0.2, 0.25) is 0 Å². The van der Waals surface area contributed by atoms with E-state index in [9.17, 15) is 41.0 Å². The Balaban J connectivity index is 2.08. The normalized spacial score (nSPS) is 13.0. The molecule has 0 spiro atoms. The zero-order valence-electron chi connectivity index (χ0n) is 16.7. The van der Waals surface area contributed by atoms with Crippen LogP contribution in [0.15, 0.2) is 41.3 Å². The van der Waals surface area contributed by atoms with Crippen molar-refractivity contribution < 1.29 is 36.2 Å². The van der Waals surface area contributed by atoms with E-state index in [0.717, 1.165) is 10.9 Å². The molecule has 0 saturated carbocycles. The molecule has 0 fully saturated rings. The summed E-state index contributed by atoms with van der Waals surface area (Å²) in [4.78, 5) is 25.0. The standard InChI is InChI=1S/C19H14F6N6O3/c20-18(21,22)9-1-3-11-12(5-9)15(16(33)19(23,24)25)29-31(17(11)34)7-14(32)28-10-2-4-13(27)30(6-10)8-26/h1-6,8,16,26-27,33H,7H2,(H,28,32). The van der Waals surface area contributed by atoms with Crippen molar-refractivity contribution in [3.8, 4) is 0 Å². The van der Waals surface area contributed by atoms with Gasteiger partial charge in [-0.15, -0.1) is 0 Å². The lowest BCUT2D eigenvalue weighted by Gasteiger charge is -2.18. The lowest BCUT2D eigenvalue weighted by molar-refractivity contribution is -0.207. The number of carbonyl (C=O) groups is 1. The Hall–Kier alpha value is -4.01. The SMILES string of the molecule is N=Cn1cc(NC(=O)Cn2nc(C(O)C(F)(F)F)c3cc(C(F)(F)F)ccc3c2=O)ccc1=N. The lowest BCUT2D eigenvalue weighted by atomic mass is 10.0. The van der Waals surface area contributed by atoms with E-state index in [4.69, 9.17) is 10.8 Å². The van der Waals surface area contributed by atoms with Crippen molar-refractivity contribution in [3.05, 3.63) is 63.6 Å². The number of aliphatic hydroxyl groups is 1. The number of fused-ring (bicyclic) bond motifs is 1. The number of alkyl halides is 6. The van der Waals surface area contributed by atoms with Crippen molar-refractivity contribution in [2.24, 2.45) is 0 Å². The van der Waals surface area contributed by atoms with Gasteiger partial charge in [-0.1, -0.05) is 0 Å². The van der Waals surface area contributed by atoms with Crippen LogP contribution >= 0.6 is 0 Å². The molecule has 0 radical (unpaired) electrons. The number of pyridine rings is 1. The second kappa shape index (κ2) is 8.74.